The van der Waals surface area contributed by atoms with Gasteiger partial charge in [-0.15, -0.1) is 0 Å². The summed E-state index contributed by atoms with van der Waals surface area (Å²) in [7, 11) is 0. The van der Waals surface area contributed by atoms with Gasteiger partial charge in [0, 0.05) is 12.1 Å². The molecule has 0 aliphatic heterocycles. The molecule has 0 aliphatic rings. The highest BCUT2D eigenvalue weighted by Gasteiger charge is 2.13. The fourth-order valence-electron chi connectivity index (χ4n) is 2.06. The standard InChI is InChI=1S/C15H17F2NS/c1-2-4-18-15(12-3-5-19-10-12)8-11-6-13(16)9-14(17)7-11/h3,5-7,9-10,15,18H,2,4,8H2,1H3. The zero-order chi connectivity index (χ0) is 13.7. The number of nitrogens with one attached hydrogen (secondary N) is 1. The molecular formula is C15H17F2NS. The third kappa shape index (κ3) is 4.11. The molecule has 2 aromatic rings. The third-order valence-corrected chi connectivity index (χ3v) is 3.65. The number of benzene rings is 1. The van der Waals surface area contributed by atoms with E-state index in [4.69, 9.17) is 0 Å². The highest BCUT2D eigenvalue weighted by atomic mass is 32.1. The SMILES string of the molecule is CCCNC(Cc1cc(F)cc(F)c1)c1ccsc1. The minimum atomic E-state index is -0.519. The molecule has 0 aliphatic carbocycles. The molecule has 102 valence electrons. The summed E-state index contributed by atoms with van der Waals surface area (Å²) >= 11 is 1.63. The van der Waals surface area contributed by atoms with Gasteiger partial charge in [-0.1, -0.05) is 6.92 Å². The van der Waals surface area contributed by atoms with Crippen molar-refractivity contribution in [1.29, 1.82) is 0 Å². The van der Waals surface area contributed by atoms with E-state index in [0.717, 1.165) is 19.0 Å². The number of halogens is 2. The Kier molecular flexibility index (Phi) is 5.05. The fourth-order valence-corrected chi connectivity index (χ4v) is 2.78. The van der Waals surface area contributed by atoms with Crippen LogP contribution in [0.15, 0.2) is 35.0 Å². The van der Waals surface area contributed by atoms with Gasteiger partial charge in [-0.2, -0.15) is 11.3 Å². The van der Waals surface area contributed by atoms with E-state index >= 15 is 0 Å². The molecule has 1 nitrogen and oxygen atoms in total. The van der Waals surface area contributed by atoms with Gasteiger partial charge in [0.2, 0.25) is 0 Å². The fraction of sp³-hybridized carbons (Fsp3) is 0.333. The van der Waals surface area contributed by atoms with Crippen molar-refractivity contribution in [1.82, 2.24) is 5.32 Å². The Morgan fingerprint density at radius 2 is 1.95 bits per heavy atom. The number of rotatable bonds is 6. The first kappa shape index (κ1) is 14.2. The smallest absolute Gasteiger partial charge is 0.126 e. The largest absolute Gasteiger partial charge is 0.310 e. The Labute approximate surface area is 116 Å². The average Bonchev–Trinajstić information content (AvgIpc) is 2.87. The Morgan fingerprint density at radius 1 is 1.21 bits per heavy atom. The molecule has 4 heteroatoms. The van der Waals surface area contributed by atoms with Crippen LogP contribution in [-0.4, -0.2) is 6.54 Å². The molecule has 1 unspecified atom stereocenters. The van der Waals surface area contributed by atoms with Crippen molar-refractivity contribution in [2.75, 3.05) is 6.54 Å². The maximum atomic E-state index is 13.2. The lowest BCUT2D eigenvalue weighted by atomic mass is 10.0. The molecule has 0 bridgehead atoms. The highest BCUT2D eigenvalue weighted by molar-refractivity contribution is 7.07. The van der Waals surface area contributed by atoms with Crippen molar-refractivity contribution in [2.24, 2.45) is 0 Å². The van der Waals surface area contributed by atoms with E-state index < -0.39 is 11.6 Å². The van der Waals surface area contributed by atoms with Gasteiger partial charge in [0.25, 0.3) is 0 Å². The molecule has 19 heavy (non-hydrogen) atoms. The zero-order valence-corrected chi connectivity index (χ0v) is 11.6. The van der Waals surface area contributed by atoms with E-state index in [0.29, 0.717) is 12.0 Å². The quantitative estimate of drug-likeness (QED) is 0.832. The first-order valence-corrected chi connectivity index (χ1v) is 7.33. The van der Waals surface area contributed by atoms with Gasteiger partial charge in [0.05, 0.1) is 0 Å². The third-order valence-electron chi connectivity index (χ3n) is 2.95. The first-order chi connectivity index (χ1) is 9.19. The van der Waals surface area contributed by atoms with E-state index in [-0.39, 0.29) is 6.04 Å². The Hall–Kier alpha value is -1.26. The van der Waals surface area contributed by atoms with Gasteiger partial charge < -0.3 is 5.32 Å². The van der Waals surface area contributed by atoms with Crippen LogP contribution in [0.3, 0.4) is 0 Å². The van der Waals surface area contributed by atoms with Crippen LogP contribution in [0.2, 0.25) is 0 Å². The van der Waals surface area contributed by atoms with Gasteiger partial charge in [0.15, 0.2) is 0 Å². The molecule has 2 rings (SSSR count). The van der Waals surface area contributed by atoms with Gasteiger partial charge in [0.1, 0.15) is 11.6 Å². The van der Waals surface area contributed by atoms with Crippen molar-refractivity contribution < 1.29 is 8.78 Å². The maximum absolute atomic E-state index is 13.2. The van der Waals surface area contributed by atoms with Gasteiger partial charge in [-0.3, -0.25) is 0 Å². The summed E-state index contributed by atoms with van der Waals surface area (Å²) in [5, 5.41) is 7.51. The summed E-state index contributed by atoms with van der Waals surface area (Å²) < 4.78 is 26.4. The molecule has 0 amide bonds. The number of thiophene rings is 1. The van der Waals surface area contributed by atoms with E-state index in [1.165, 1.54) is 17.7 Å². The van der Waals surface area contributed by atoms with Crippen LogP contribution in [0.4, 0.5) is 8.78 Å². The summed E-state index contributed by atoms with van der Waals surface area (Å²) in [6.07, 6.45) is 1.61. The van der Waals surface area contributed by atoms with Gasteiger partial charge in [-0.25, -0.2) is 8.78 Å². The van der Waals surface area contributed by atoms with Crippen molar-refractivity contribution in [3.63, 3.8) is 0 Å². The Balaban J connectivity index is 2.15. The van der Waals surface area contributed by atoms with E-state index in [2.05, 4.69) is 17.6 Å². The maximum Gasteiger partial charge on any atom is 0.126 e. The van der Waals surface area contributed by atoms with Crippen LogP contribution in [0, 0.1) is 11.6 Å². The molecule has 1 N–H and O–H groups in total. The second kappa shape index (κ2) is 6.78. The molecule has 0 radical (unpaired) electrons. The lowest BCUT2D eigenvalue weighted by molar-refractivity contribution is 0.523. The lowest BCUT2D eigenvalue weighted by Gasteiger charge is -2.17. The second-order valence-electron chi connectivity index (χ2n) is 4.55. The van der Waals surface area contributed by atoms with Crippen LogP contribution < -0.4 is 5.32 Å². The molecule has 0 fully saturated rings. The van der Waals surface area contributed by atoms with Crippen LogP contribution >= 0.6 is 11.3 Å². The van der Waals surface area contributed by atoms with E-state index in [9.17, 15) is 8.78 Å². The number of hydrogen-bond donors (Lipinski definition) is 1. The monoisotopic (exact) mass is 281 g/mol. The van der Waals surface area contributed by atoms with E-state index in [1.807, 2.05) is 11.4 Å². The number of hydrogen-bond acceptors (Lipinski definition) is 2. The molecule has 1 aromatic heterocycles. The Morgan fingerprint density at radius 3 is 2.53 bits per heavy atom. The molecule has 0 saturated carbocycles. The van der Waals surface area contributed by atoms with Crippen molar-refractivity contribution in [3.05, 3.63) is 57.8 Å². The predicted octanol–water partition coefficient (Wildman–Crippen LogP) is 4.31. The lowest BCUT2D eigenvalue weighted by Crippen LogP contribution is -2.23. The minimum Gasteiger partial charge on any atom is -0.310 e. The van der Waals surface area contributed by atoms with Crippen LogP contribution in [-0.2, 0) is 6.42 Å². The molecular weight excluding hydrogens is 264 g/mol. The summed E-state index contributed by atoms with van der Waals surface area (Å²) in [4.78, 5) is 0. The van der Waals surface area contributed by atoms with E-state index in [1.54, 1.807) is 11.3 Å². The summed E-state index contributed by atoms with van der Waals surface area (Å²) in [6, 6.07) is 5.86. The minimum absolute atomic E-state index is 0.104. The molecule has 1 atom stereocenters. The van der Waals surface area contributed by atoms with Crippen LogP contribution in [0.25, 0.3) is 0 Å². The first-order valence-electron chi connectivity index (χ1n) is 6.39. The van der Waals surface area contributed by atoms with Gasteiger partial charge >= 0.3 is 0 Å². The summed E-state index contributed by atoms with van der Waals surface area (Å²) in [6.45, 7) is 2.98. The summed E-state index contributed by atoms with van der Waals surface area (Å²) in [5.41, 5.74) is 1.85. The van der Waals surface area contributed by atoms with Crippen molar-refractivity contribution in [2.45, 2.75) is 25.8 Å². The molecule has 0 saturated heterocycles. The van der Waals surface area contributed by atoms with Gasteiger partial charge in [-0.05, 0) is 59.5 Å². The Bertz CT molecular complexity index is 491. The van der Waals surface area contributed by atoms with Crippen molar-refractivity contribution >= 4 is 11.3 Å². The normalized spacial score (nSPS) is 12.6. The van der Waals surface area contributed by atoms with Crippen LogP contribution in [0.1, 0.15) is 30.5 Å². The predicted molar refractivity (Wildman–Crippen MR) is 75.4 cm³/mol. The summed E-state index contributed by atoms with van der Waals surface area (Å²) in [5.74, 6) is -1.04. The molecule has 1 heterocycles. The van der Waals surface area contributed by atoms with Crippen molar-refractivity contribution in [3.8, 4) is 0 Å². The highest BCUT2D eigenvalue weighted by Crippen LogP contribution is 2.22. The zero-order valence-electron chi connectivity index (χ0n) is 10.8. The molecule has 0 spiro atoms. The molecule has 1 aromatic carbocycles. The van der Waals surface area contributed by atoms with Crippen LogP contribution in [0.5, 0.6) is 0 Å². The average molecular weight is 281 g/mol. The second-order valence-corrected chi connectivity index (χ2v) is 5.33. The topological polar surface area (TPSA) is 12.0 Å².